The fourth-order valence-electron chi connectivity index (χ4n) is 3.58. The van der Waals surface area contributed by atoms with Gasteiger partial charge in [-0.2, -0.15) is 0 Å². The molecule has 0 N–H and O–H groups in total. The first-order chi connectivity index (χ1) is 13.9. The van der Waals surface area contributed by atoms with E-state index in [1.807, 2.05) is 0 Å². The van der Waals surface area contributed by atoms with Crippen LogP contribution in [0, 0.1) is 0 Å². The normalized spacial score (nSPS) is 14.7. The van der Waals surface area contributed by atoms with Gasteiger partial charge in [0, 0.05) is 17.2 Å². The highest BCUT2D eigenvalue weighted by Gasteiger charge is 2.25. The molecule has 0 unspecified atom stereocenters. The molecule has 0 amide bonds. The van der Waals surface area contributed by atoms with E-state index in [1.54, 1.807) is 4.90 Å². The smallest absolute Gasteiger partial charge is 0.154 e. The van der Waals surface area contributed by atoms with Gasteiger partial charge in [0.05, 0.1) is 10.1 Å². The van der Waals surface area contributed by atoms with Crippen LogP contribution >= 0.6 is 0 Å². The van der Waals surface area contributed by atoms with Gasteiger partial charge in [-0.1, -0.05) is 66.7 Å². The second-order valence-electron chi connectivity index (χ2n) is 7.12. The van der Waals surface area contributed by atoms with E-state index in [4.69, 9.17) is 13.0 Å². The minimum atomic E-state index is -3.92. The first-order valence-corrected chi connectivity index (χ1v) is 13.1. The molecule has 3 aromatic carbocycles. The molecule has 3 aromatic rings. The van der Waals surface area contributed by atoms with Crippen molar-refractivity contribution in [3.63, 3.8) is 0 Å². The Morgan fingerprint density at radius 1 is 0.724 bits per heavy atom. The molecule has 1 saturated heterocycles. The molecule has 0 atom stereocenters. The summed E-state index contributed by atoms with van der Waals surface area (Å²) in [5.74, 6) is 2.87. The lowest BCUT2D eigenvalue weighted by atomic mass is 10.1. The van der Waals surface area contributed by atoms with Crippen LogP contribution in [0.1, 0.15) is 24.0 Å². The fourth-order valence-corrected chi connectivity index (χ4v) is 5.91. The van der Waals surface area contributed by atoms with Gasteiger partial charge < -0.3 is 4.55 Å². The largest absolute Gasteiger partial charge is 0.748 e. The maximum absolute atomic E-state index is 9.08. The second kappa shape index (κ2) is 10.1. The first kappa shape index (κ1) is 21.6. The molecule has 0 aromatic heterocycles. The summed E-state index contributed by atoms with van der Waals surface area (Å²) in [6.45, 7) is 0. The van der Waals surface area contributed by atoms with Crippen molar-refractivity contribution in [1.29, 1.82) is 0 Å². The van der Waals surface area contributed by atoms with Crippen LogP contribution in [0.2, 0.25) is 0 Å². The second-order valence-corrected chi connectivity index (χ2v) is 10.8. The van der Waals surface area contributed by atoms with Crippen LogP contribution in [0.15, 0.2) is 83.8 Å². The van der Waals surface area contributed by atoms with Gasteiger partial charge in [-0.3, -0.25) is 0 Å². The Morgan fingerprint density at radius 3 is 1.62 bits per heavy atom. The minimum absolute atomic E-state index is 0.604. The zero-order valence-electron chi connectivity index (χ0n) is 16.6. The molecule has 152 valence electrons. The molecule has 0 saturated carbocycles. The standard InChI is InChI=1S/C13H10.C10H13S.CH4O3S/c1-3-7-12-10(5-1)9-11-6-2-4-8-13(11)12;1-2-6-10(7-3-1)11-8-4-5-9-11;1-5(2,3)4/h1-8H,9H2;1-3,6-7H,4-5,8-9H2;1H3,(H,2,3,4)/q;+1;/p-1. The van der Waals surface area contributed by atoms with E-state index in [2.05, 4.69) is 78.9 Å². The molecule has 0 radical (unpaired) electrons. The molecule has 3 nitrogen and oxygen atoms in total. The van der Waals surface area contributed by atoms with Crippen molar-refractivity contribution in [3.8, 4) is 11.1 Å². The zero-order valence-corrected chi connectivity index (χ0v) is 18.2. The van der Waals surface area contributed by atoms with Crippen LogP contribution in [-0.2, 0) is 27.4 Å². The van der Waals surface area contributed by atoms with Crippen molar-refractivity contribution in [2.24, 2.45) is 0 Å². The summed E-state index contributed by atoms with van der Waals surface area (Å²) in [7, 11) is -3.31. The number of benzene rings is 3. The molecular formula is C24H26O3S2. The highest BCUT2D eigenvalue weighted by atomic mass is 32.2. The van der Waals surface area contributed by atoms with Crippen molar-refractivity contribution in [1.82, 2.24) is 0 Å². The maximum atomic E-state index is 9.08. The van der Waals surface area contributed by atoms with Gasteiger partial charge in [0.15, 0.2) is 4.90 Å². The number of hydrogen-bond donors (Lipinski definition) is 0. The predicted molar refractivity (Wildman–Crippen MR) is 121 cm³/mol. The van der Waals surface area contributed by atoms with Gasteiger partial charge in [0.2, 0.25) is 0 Å². The van der Waals surface area contributed by atoms with E-state index in [1.165, 1.54) is 46.6 Å². The van der Waals surface area contributed by atoms with E-state index in [-0.39, 0.29) is 0 Å². The summed E-state index contributed by atoms with van der Waals surface area (Å²) >= 11 is 0. The van der Waals surface area contributed by atoms with Crippen LogP contribution in [0.5, 0.6) is 0 Å². The average Bonchev–Trinajstić information content (AvgIpc) is 3.36. The third-order valence-corrected chi connectivity index (χ3v) is 7.32. The predicted octanol–water partition coefficient (Wildman–Crippen LogP) is 4.88. The van der Waals surface area contributed by atoms with Crippen LogP contribution < -0.4 is 0 Å². The van der Waals surface area contributed by atoms with Crippen LogP contribution in [-0.4, -0.2) is 30.7 Å². The summed E-state index contributed by atoms with van der Waals surface area (Å²) < 4.78 is 27.2. The Kier molecular flexibility index (Phi) is 7.53. The topological polar surface area (TPSA) is 57.2 Å². The Bertz CT molecular complexity index is 973. The Balaban J connectivity index is 0.000000137. The van der Waals surface area contributed by atoms with Crippen molar-refractivity contribution in [2.75, 3.05) is 17.8 Å². The number of hydrogen-bond acceptors (Lipinski definition) is 3. The van der Waals surface area contributed by atoms with Crippen molar-refractivity contribution >= 4 is 21.0 Å². The molecule has 1 aliphatic carbocycles. The zero-order chi connectivity index (χ0) is 20.7. The molecule has 0 spiro atoms. The molecule has 1 heterocycles. The SMILES string of the molecule is CS(=O)(=O)[O-].c1ccc([S+]2CCCC2)cc1.c1ccc2c(c1)Cc1ccccc1-2. The van der Waals surface area contributed by atoms with Crippen LogP contribution in [0.3, 0.4) is 0 Å². The number of fused-ring (bicyclic) bond motifs is 3. The average molecular weight is 427 g/mol. The van der Waals surface area contributed by atoms with Crippen LogP contribution in [0.4, 0.5) is 0 Å². The van der Waals surface area contributed by atoms with Gasteiger partial charge in [-0.25, -0.2) is 8.42 Å². The molecule has 29 heavy (non-hydrogen) atoms. The van der Waals surface area contributed by atoms with Crippen molar-refractivity contribution < 1.29 is 13.0 Å². The summed E-state index contributed by atoms with van der Waals surface area (Å²) in [6.07, 6.45) is 4.59. The Hall–Kier alpha value is -2.08. The van der Waals surface area contributed by atoms with Gasteiger partial charge in [-0.05, 0) is 53.6 Å². The van der Waals surface area contributed by atoms with E-state index >= 15 is 0 Å². The van der Waals surface area contributed by atoms with Gasteiger partial charge >= 0.3 is 0 Å². The van der Waals surface area contributed by atoms with E-state index in [0.717, 1.165) is 6.42 Å². The Morgan fingerprint density at radius 2 is 1.14 bits per heavy atom. The highest BCUT2D eigenvalue weighted by Crippen LogP contribution is 2.35. The van der Waals surface area contributed by atoms with Crippen molar-refractivity contribution in [3.05, 3.63) is 90.0 Å². The van der Waals surface area contributed by atoms with Gasteiger partial charge in [0.25, 0.3) is 0 Å². The summed E-state index contributed by atoms with van der Waals surface area (Å²) in [4.78, 5) is 1.57. The van der Waals surface area contributed by atoms with E-state index in [9.17, 15) is 0 Å². The Labute approximate surface area is 176 Å². The third-order valence-electron chi connectivity index (χ3n) is 4.81. The molecule has 1 aliphatic heterocycles. The molecule has 1 fully saturated rings. The van der Waals surface area contributed by atoms with E-state index in [0.29, 0.717) is 17.2 Å². The minimum Gasteiger partial charge on any atom is -0.748 e. The fraction of sp³-hybridized carbons (Fsp3) is 0.250. The molecule has 0 bridgehead atoms. The van der Waals surface area contributed by atoms with Crippen LogP contribution in [0.25, 0.3) is 11.1 Å². The van der Waals surface area contributed by atoms with Crippen molar-refractivity contribution in [2.45, 2.75) is 24.2 Å². The summed E-state index contributed by atoms with van der Waals surface area (Å²) in [6, 6.07) is 28.3. The number of rotatable bonds is 1. The summed E-state index contributed by atoms with van der Waals surface area (Å²) in [5.41, 5.74) is 5.75. The lowest BCUT2D eigenvalue weighted by Gasteiger charge is -1.98. The lowest BCUT2D eigenvalue weighted by molar-refractivity contribution is 0.470. The van der Waals surface area contributed by atoms with E-state index < -0.39 is 10.1 Å². The molecule has 2 aliphatic rings. The highest BCUT2D eigenvalue weighted by molar-refractivity contribution is 7.97. The van der Waals surface area contributed by atoms with Gasteiger partial charge in [0.1, 0.15) is 11.5 Å². The maximum Gasteiger partial charge on any atom is 0.154 e. The lowest BCUT2D eigenvalue weighted by Crippen LogP contribution is -2.02. The third kappa shape index (κ3) is 6.74. The molecular weight excluding hydrogens is 400 g/mol. The molecule has 5 rings (SSSR count). The summed E-state index contributed by atoms with van der Waals surface area (Å²) in [5, 5.41) is 0. The molecule has 5 heteroatoms. The monoisotopic (exact) mass is 426 g/mol. The van der Waals surface area contributed by atoms with Gasteiger partial charge in [-0.15, -0.1) is 0 Å². The quantitative estimate of drug-likeness (QED) is 0.322. The first-order valence-electron chi connectivity index (χ1n) is 9.71.